The van der Waals surface area contributed by atoms with Crippen molar-refractivity contribution in [3.63, 3.8) is 0 Å². The lowest BCUT2D eigenvalue weighted by atomic mass is 9.99. The monoisotopic (exact) mass is 363 g/mol. The number of hydrogen-bond donors (Lipinski definition) is 2. The van der Waals surface area contributed by atoms with E-state index in [-0.39, 0.29) is 4.75 Å². The fraction of sp³-hybridized carbons (Fsp3) is 0.650. The minimum atomic E-state index is 0.271. The van der Waals surface area contributed by atoms with E-state index in [1.54, 1.807) is 0 Å². The highest BCUT2D eigenvalue weighted by molar-refractivity contribution is 8.00. The first-order valence-electron chi connectivity index (χ1n) is 9.31. The first kappa shape index (κ1) is 20.1. The Morgan fingerprint density at radius 3 is 2.52 bits per heavy atom. The lowest BCUT2D eigenvalue weighted by Gasteiger charge is -2.37. The predicted octanol–water partition coefficient (Wildman–Crippen LogP) is 3.57. The number of thioether (sulfide) groups is 1. The molecule has 5 heteroatoms. The molecular formula is C20H33N3OS. The van der Waals surface area contributed by atoms with Crippen molar-refractivity contribution in [2.75, 3.05) is 39.1 Å². The highest BCUT2D eigenvalue weighted by Crippen LogP contribution is 2.34. The van der Waals surface area contributed by atoms with Gasteiger partial charge in [0.15, 0.2) is 5.96 Å². The number of rotatable bonds is 7. The van der Waals surface area contributed by atoms with Crippen LogP contribution in [0.25, 0.3) is 0 Å². The fourth-order valence-corrected chi connectivity index (χ4v) is 4.39. The first-order chi connectivity index (χ1) is 12.1. The number of aryl methyl sites for hydroxylation is 1. The smallest absolute Gasteiger partial charge is 0.191 e. The molecular weight excluding hydrogens is 330 g/mol. The van der Waals surface area contributed by atoms with E-state index in [0.29, 0.717) is 5.92 Å². The van der Waals surface area contributed by atoms with E-state index in [1.165, 1.54) is 11.1 Å². The van der Waals surface area contributed by atoms with Crippen molar-refractivity contribution in [3.05, 3.63) is 35.4 Å². The first-order valence-corrected chi connectivity index (χ1v) is 10.3. The molecule has 0 spiro atoms. The van der Waals surface area contributed by atoms with E-state index in [9.17, 15) is 0 Å². The van der Waals surface area contributed by atoms with Crippen LogP contribution in [0.3, 0.4) is 0 Å². The van der Waals surface area contributed by atoms with Gasteiger partial charge in [0.25, 0.3) is 0 Å². The van der Waals surface area contributed by atoms with Crippen LogP contribution in [0, 0.1) is 6.92 Å². The Bertz CT molecular complexity index is 533. The van der Waals surface area contributed by atoms with Crippen LogP contribution in [0.4, 0.5) is 0 Å². The molecule has 1 aliphatic rings. The third-order valence-corrected chi connectivity index (χ3v) is 6.33. The molecule has 0 radical (unpaired) electrons. The molecule has 1 heterocycles. The van der Waals surface area contributed by atoms with E-state index < -0.39 is 0 Å². The predicted molar refractivity (Wildman–Crippen MR) is 110 cm³/mol. The van der Waals surface area contributed by atoms with Gasteiger partial charge in [0.1, 0.15) is 0 Å². The molecule has 2 N–H and O–H groups in total. The van der Waals surface area contributed by atoms with Gasteiger partial charge in [-0.2, -0.15) is 11.8 Å². The Balaban J connectivity index is 1.84. The molecule has 1 aliphatic heterocycles. The van der Waals surface area contributed by atoms with Gasteiger partial charge < -0.3 is 15.4 Å². The van der Waals surface area contributed by atoms with Gasteiger partial charge >= 0.3 is 0 Å². The maximum atomic E-state index is 5.55. The van der Waals surface area contributed by atoms with Gasteiger partial charge in [0.05, 0.1) is 0 Å². The summed E-state index contributed by atoms with van der Waals surface area (Å²) in [7, 11) is 1.84. The van der Waals surface area contributed by atoms with Crippen molar-refractivity contribution in [3.8, 4) is 0 Å². The second-order valence-electron chi connectivity index (χ2n) is 6.85. The van der Waals surface area contributed by atoms with E-state index in [0.717, 1.165) is 50.9 Å². The zero-order chi connectivity index (χ0) is 18.1. The summed E-state index contributed by atoms with van der Waals surface area (Å²) in [5.74, 6) is 2.47. The number of ether oxygens (including phenoxy) is 1. The Labute approximate surface area is 157 Å². The van der Waals surface area contributed by atoms with Gasteiger partial charge in [-0.25, -0.2) is 0 Å². The Morgan fingerprint density at radius 1 is 1.24 bits per heavy atom. The third-order valence-electron chi connectivity index (χ3n) is 4.88. The molecule has 0 saturated carbocycles. The summed E-state index contributed by atoms with van der Waals surface area (Å²) in [5.41, 5.74) is 2.66. The molecule has 1 aromatic rings. The molecule has 2 rings (SSSR count). The second-order valence-corrected chi connectivity index (χ2v) is 8.58. The molecule has 0 amide bonds. The fourth-order valence-electron chi connectivity index (χ4n) is 3.15. The average Bonchev–Trinajstić information content (AvgIpc) is 2.63. The summed E-state index contributed by atoms with van der Waals surface area (Å²) in [5, 5.41) is 7.02. The van der Waals surface area contributed by atoms with E-state index in [2.05, 4.69) is 60.7 Å². The second kappa shape index (κ2) is 10.1. The molecule has 1 saturated heterocycles. The van der Waals surface area contributed by atoms with Crippen molar-refractivity contribution < 1.29 is 4.74 Å². The van der Waals surface area contributed by atoms with E-state index >= 15 is 0 Å². The van der Waals surface area contributed by atoms with Gasteiger partial charge in [0.2, 0.25) is 0 Å². The Morgan fingerprint density at radius 2 is 1.92 bits per heavy atom. The maximum absolute atomic E-state index is 5.55. The van der Waals surface area contributed by atoms with Crippen molar-refractivity contribution >= 4 is 17.7 Å². The van der Waals surface area contributed by atoms with Crippen LogP contribution in [-0.4, -0.2) is 49.8 Å². The Kier molecular flexibility index (Phi) is 8.10. The van der Waals surface area contributed by atoms with Gasteiger partial charge in [-0.05, 0) is 37.0 Å². The summed E-state index contributed by atoms with van der Waals surface area (Å²) in [6, 6.07) is 8.78. The largest absolute Gasteiger partial charge is 0.381 e. The lowest BCUT2D eigenvalue weighted by molar-refractivity contribution is 0.0782. The number of nitrogens with one attached hydrogen (secondary N) is 2. The molecule has 0 aromatic heterocycles. The number of guanidine groups is 1. The number of hydrogen-bond acceptors (Lipinski definition) is 3. The van der Waals surface area contributed by atoms with Gasteiger partial charge in [-0.15, -0.1) is 0 Å². The summed E-state index contributed by atoms with van der Waals surface area (Å²) >= 11 is 2.05. The van der Waals surface area contributed by atoms with Gasteiger partial charge in [-0.3, -0.25) is 4.99 Å². The van der Waals surface area contributed by atoms with Crippen LogP contribution in [-0.2, 0) is 4.74 Å². The molecule has 1 atom stereocenters. The van der Waals surface area contributed by atoms with Crippen molar-refractivity contribution in [2.24, 2.45) is 4.99 Å². The van der Waals surface area contributed by atoms with Crippen LogP contribution in [0.2, 0.25) is 0 Å². The summed E-state index contributed by atoms with van der Waals surface area (Å²) in [6.45, 7) is 10.2. The van der Waals surface area contributed by atoms with Gasteiger partial charge in [-0.1, -0.05) is 43.7 Å². The summed E-state index contributed by atoms with van der Waals surface area (Å²) < 4.78 is 5.82. The minimum absolute atomic E-state index is 0.271. The maximum Gasteiger partial charge on any atom is 0.191 e. The summed E-state index contributed by atoms with van der Waals surface area (Å²) in [4.78, 5) is 4.40. The molecule has 25 heavy (non-hydrogen) atoms. The third kappa shape index (κ3) is 6.23. The highest BCUT2D eigenvalue weighted by Gasteiger charge is 2.32. The van der Waals surface area contributed by atoms with E-state index in [1.807, 2.05) is 18.8 Å². The van der Waals surface area contributed by atoms with Crippen molar-refractivity contribution in [2.45, 2.75) is 44.3 Å². The minimum Gasteiger partial charge on any atom is -0.381 e. The topological polar surface area (TPSA) is 45.7 Å². The van der Waals surface area contributed by atoms with Crippen LogP contribution in [0.15, 0.2) is 29.3 Å². The zero-order valence-corrected chi connectivity index (χ0v) is 16.9. The molecule has 1 unspecified atom stereocenters. The summed E-state index contributed by atoms with van der Waals surface area (Å²) in [6.07, 6.45) is 2.21. The molecule has 1 fully saturated rings. The number of nitrogens with zero attached hydrogens (tertiary/aromatic N) is 1. The molecule has 0 aliphatic carbocycles. The van der Waals surface area contributed by atoms with Crippen LogP contribution < -0.4 is 10.6 Å². The number of aliphatic imine (C=N–C) groups is 1. The van der Waals surface area contributed by atoms with Crippen LogP contribution >= 0.6 is 11.8 Å². The van der Waals surface area contributed by atoms with Crippen molar-refractivity contribution in [1.29, 1.82) is 0 Å². The zero-order valence-electron chi connectivity index (χ0n) is 16.1. The molecule has 1 aromatic carbocycles. The SMILES string of the molecule is CCSC1(CNC(=NC)NCC(C)c2ccc(C)cc2)CCOCC1. The normalized spacial score (nSPS) is 18.6. The standard InChI is InChI=1S/C20H33N3OS/c1-5-25-20(10-12-24-13-11-20)15-23-19(21-4)22-14-17(3)18-8-6-16(2)7-9-18/h6-9,17H,5,10-15H2,1-4H3,(H2,21,22,23). The molecule has 140 valence electrons. The molecule has 0 bridgehead atoms. The Hall–Kier alpha value is -1.20. The van der Waals surface area contributed by atoms with Crippen molar-refractivity contribution in [1.82, 2.24) is 10.6 Å². The lowest BCUT2D eigenvalue weighted by Crippen LogP contribution is -2.48. The highest BCUT2D eigenvalue weighted by atomic mass is 32.2. The quantitative estimate of drug-likeness (QED) is 0.574. The average molecular weight is 364 g/mol. The number of benzene rings is 1. The van der Waals surface area contributed by atoms with Crippen LogP contribution in [0.5, 0.6) is 0 Å². The molecule has 4 nitrogen and oxygen atoms in total. The van der Waals surface area contributed by atoms with Gasteiger partial charge in [0, 0.05) is 38.1 Å². The van der Waals surface area contributed by atoms with Crippen LogP contribution in [0.1, 0.15) is 43.7 Å². The van der Waals surface area contributed by atoms with E-state index in [4.69, 9.17) is 4.74 Å².